The third-order valence-corrected chi connectivity index (χ3v) is 3.33. The van der Waals surface area contributed by atoms with Crippen LogP contribution in [0.3, 0.4) is 0 Å². The molecule has 106 valence electrons. The summed E-state index contributed by atoms with van der Waals surface area (Å²) < 4.78 is 39.9. The van der Waals surface area contributed by atoms with Crippen LogP contribution in [-0.2, 0) is 6.42 Å². The van der Waals surface area contributed by atoms with Crippen molar-refractivity contribution in [2.45, 2.75) is 12.5 Å². The van der Waals surface area contributed by atoms with Gasteiger partial charge in [-0.15, -0.1) is 0 Å². The first kappa shape index (κ1) is 14.8. The molecule has 2 aromatic rings. The summed E-state index contributed by atoms with van der Waals surface area (Å²) in [5, 5.41) is 0.210. The van der Waals surface area contributed by atoms with Crippen molar-refractivity contribution in [3.63, 3.8) is 0 Å². The third kappa shape index (κ3) is 3.30. The monoisotopic (exact) mass is 300 g/mol. The highest BCUT2D eigenvalue weighted by atomic mass is 35.5. The molecule has 0 amide bonds. The lowest BCUT2D eigenvalue weighted by Crippen LogP contribution is -2.30. The van der Waals surface area contributed by atoms with E-state index in [0.717, 1.165) is 24.3 Å². The first-order valence-electron chi connectivity index (χ1n) is 5.86. The van der Waals surface area contributed by atoms with E-state index in [1.807, 2.05) is 0 Å². The molecule has 0 saturated carbocycles. The molecule has 0 spiro atoms. The summed E-state index contributed by atoms with van der Waals surface area (Å²) in [7, 11) is 0. The lowest BCUT2D eigenvalue weighted by atomic mass is 9.98. The number of benzene rings is 2. The van der Waals surface area contributed by atoms with E-state index in [9.17, 15) is 13.2 Å². The van der Waals surface area contributed by atoms with Crippen molar-refractivity contribution >= 4 is 11.6 Å². The van der Waals surface area contributed by atoms with Gasteiger partial charge in [0, 0.05) is 10.6 Å². The quantitative estimate of drug-likeness (QED) is 0.670. The average molecular weight is 301 g/mol. The van der Waals surface area contributed by atoms with Gasteiger partial charge in [-0.2, -0.15) is 0 Å². The first-order chi connectivity index (χ1) is 9.51. The van der Waals surface area contributed by atoms with Gasteiger partial charge in [-0.25, -0.2) is 13.2 Å². The van der Waals surface area contributed by atoms with Crippen LogP contribution >= 0.6 is 11.6 Å². The van der Waals surface area contributed by atoms with Crippen molar-refractivity contribution in [2.24, 2.45) is 5.84 Å². The van der Waals surface area contributed by atoms with Crippen LogP contribution in [0.2, 0.25) is 5.02 Å². The van der Waals surface area contributed by atoms with Gasteiger partial charge in [0.2, 0.25) is 0 Å². The number of halogens is 4. The van der Waals surface area contributed by atoms with E-state index in [4.69, 9.17) is 17.4 Å². The molecule has 3 N–H and O–H groups in total. The van der Waals surface area contributed by atoms with Crippen LogP contribution in [0.4, 0.5) is 13.2 Å². The number of nitrogens with two attached hydrogens (primary N) is 1. The first-order valence-corrected chi connectivity index (χ1v) is 6.24. The number of hydrogen-bond donors (Lipinski definition) is 2. The van der Waals surface area contributed by atoms with Gasteiger partial charge in [-0.05, 0) is 42.3 Å². The highest BCUT2D eigenvalue weighted by molar-refractivity contribution is 6.31. The lowest BCUT2D eigenvalue weighted by molar-refractivity contribution is 0.502. The molecule has 0 aromatic heterocycles. The van der Waals surface area contributed by atoms with Gasteiger partial charge in [0.15, 0.2) is 0 Å². The molecule has 0 aliphatic rings. The molecule has 2 nitrogen and oxygen atoms in total. The highest BCUT2D eigenvalue weighted by Gasteiger charge is 2.17. The standard InChI is InChI=1S/C14H12ClF3N2/c15-12-7-10(17)2-1-8(12)5-14(20-19)11-6-9(16)3-4-13(11)18/h1-4,6-7,14,20H,5,19H2. The predicted molar refractivity (Wildman–Crippen MR) is 71.5 cm³/mol. The minimum Gasteiger partial charge on any atom is -0.271 e. The van der Waals surface area contributed by atoms with Gasteiger partial charge in [-0.1, -0.05) is 17.7 Å². The summed E-state index contributed by atoms with van der Waals surface area (Å²) in [4.78, 5) is 0. The summed E-state index contributed by atoms with van der Waals surface area (Å²) in [5.74, 6) is 3.79. The largest absolute Gasteiger partial charge is 0.271 e. The molecule has 2 aromatic carbocycles. The second-order valence-corrected chi connectivity index (χ2v) is 4.73. The number of hydrazine groups is 1. The topological polar surface area (TPSA) is 38.0 Å². The van der Waals surface area contributed by atoms with Crippen LogP contribution in [0, 0.1) is 17.5 Å². The smallest absolute Gasteiger partial charge is 0.128 e. The van der Waals surface area contributed by atoms with Crippen molar-refractivity contribution in [2.75, 3.05) is 0 Å². The van der Waals surface area contributed by atoms with Crippen LogP contribution in [0.15, 0.2) is 36.4 Å². The van der Waals surface area contributed by atoms with E-state index in [2.05, 4.69) is 5.43 Å². The molecule has 20 heavy (non-hydrogen) atoms. The molecule has 0 bridgehead atoms. The Balaban J connectivity index is 2.31. The molecule has 0 saturated heterocycles. The fourth-order valence-electron chi connectivity index (χ4n) is 1.95. The lowest BCUT2D eigenvalue weighted by Gasteiger charge is -2.18. The molecular weight excluding hydrogens is 289 g/mol. The predicted octanol–water partition coefficient (Wildman–Crippen LogP) is 3.50. The Labute approximate surface area is 119 Å². The van der Waals surface area contributed by atoms with Gasteiger partial charge in [0.25, 0.3) is 0 Å². The number of rotatable bonds is 4. The zero-order valence-electron chi connectivity index (χ0n) is 10.3. The Morgan fingerprint density at radius 3 is 2.35 bits per heavy atom. The van der Waals surface area contributed by atoms with E-state index >= 15 is 0 Å². The summed E-state index contributed by atoms with van der Waals surface area (Å²) in [5.41, 5.74) is 3.09. The number of nitrogens with one attached hydrogen (secondary N) is 1. The van der Waals surface area contributed by atoms with Crippen LogP contribution in [-0.4, -0.2) is 0 Å². The van der Waals surface area contributed by atoms with Crippen molar-refractivity contribution in [3.05, 3.63) is 70.0 Å². The van der Waals surface area contributed by atoms with E-state index < -0.39 is 23.5 Å². The normalized spacial score (nSPS) is 12.4. The average Bonchev–Trinajstić information content (AvgIpc) is 2.41. The molecule has 0 aliphatic carbocycles. The minimum absolute atomic E-state index is 0.0906. The molecule has 6 heteroatoms. The van der Waals surface area contributed by atoms with E-state index in [-0.39, 0.29) is 17.0 Å². The van der Waals surface area contributed by atoms with Gasteiger partial charge >= 0.3 is 0 Å². The van der Waals surface area contributed by atoms with Crippen molar-refractivity contribution in [3.8, 4) is 0 Å². The maximum Gasteiger partial charge on any atom is 0.128 e. The Kier molecular flexibility index (Phi) is 4.65. The molecule has 0 fully saturated rings. The molecule has 0 aliphatic heterocycles. The van der Waals surface area contributed by atoms with Gasteiger partial charge in [0.1, 0.15) is 17.5 Å². The van der Waals surface area contributed by atoms with Crippen LogP contribution < -0.4 is 11.3 Å². The van der Waals surface area contributed by atoms with Crippen LogP contribution in [0.25, 0.3) is 0 Å². The Morgan fingerprint density at radius 2 is 1.70 bits per heavy atom. The van der Waals surface area contributed by atoms with Gasteiger partial charge in [-0.3, -0.25) is 11.3 Å². The van der Waals surface area contributed by atoms with E-state index in [0.29, 0.717) is 5.56 Å². The second-order valence-electron chi connectivity index (χ2n) is 4.32. The zero-order valence-corrected chi connectivity index (χ0v) is 11.1. The van der Waals surface area contributed by atoms with Gasteiger partial charge < -0.3 is 0 Å². The van der Waals surface area contributed by atoms with Crippen molar-refractivity contribution in [1.82, 2.24) is 5.43 Å². The maximum absolute atomic E-state index is 13.7. The van der Waals surface area contributed by atoms with Gasteiger partial charge in [0.05, 0.1) is 6.04 Å². The van der Waals surface area contributed by atoms with E-state index in [1.54, 1.807) is 0 Å². The summed E-state index contributed by atoms with van der Waals surface area (Å²) >= 11 is 5.91. The van der Waals surface area contributed by atoms with Crippen molar-refractivity contribution < 1.29 is 13.2 Å². The summed E-state index contributed by atoms with van der Waals surface area (Å²) in [6.07, 6.45) is 0.204. The van der Waals surface area contributed by atoms with Crippen LogP contribution in [0.1, 0.15) is 17.2 Å². The Bertz CT molecular complexity index is 619. The maximum atomic E-state index is 13.7. The SMILES string of the molecule is NNC(Cc1ccc(F)cc1Cl)c1cc(F)ccc1F. The molecule has 2 rings (SSSR count). The Hall–Kier alpha value is -1.56. The number of hydrogen-bond acceptors (Lipinski definition) is 2. The highest BCUT2D eigenvalue weighted by Crippen LogP contribution is 2.26. The van der Waals surface area contributed by atoms with Crippen LogP contribution in [0.5, 0.6) is 0 Å². The summed E-state index contributed by atoms with van der Waals surface area (Å²) in [6.45, 7) is 0. The molecule has 0 heterocycles. The fourth-order valence-corrected chi connectivity index (χ4v) is 2.19. The second kappa shape index (κ2) is 6.26. The summed E-state index contributed by atoms with van der Waals surface area (Å²) in [6, 6.07) is 6.34. The van der Waals surface area contributed by atoms with E-state index in [1.165, 1.54) is 12.1 Å². The molecule has 1 atom stereocenters. The zero-order chi connectivity index (χ0) is 14.7. The Morgan fingerprint density at radius 1 is 1.05 bits per heavy atom. The third-order valence-electron chi connectivity index (χ3n) is 2.97. The van der Waals surface area contributed by atoms with Crippen molar-refractivity contribution in [1.29, 1.82) is 0 Å². The molecular formula is C14H12ClF3N2. The minimum atomic E-state index is -0.673. The molecule has 0 radical (unpaired) electrons. The molecule has 1 unspecified atom stereocenters. The fraction of sp³-hybridized carbons (Fsp3) is 0.143.